The first-order valence-electron chi connectivity index (χ1n) is 6.60. The number of hydrogen-bond donors (Lipinski definition) is 0. The Morgan fingerprint density at radius 2 is 1.75 bits per heavy atom. The first kappa shape index (κ1) is 10.6. The lowest BCUT2D eigenvalue weighted by atomic mass is 9.91. The van der Waals surface area contributed by atoms with Crippen LogP contribution in [-0.4, -0.2) is 47.6 Å². The second-order valence-electron chi connectivity index (χ2n) is 5.98. The molecule has 2 heterocycles. The molecule has 0 spiro atoms. The summed E-state index contributed by atoms with van der Waals surface area (Å²) in [7, 11) is 0. The van der Waals surface area contributed by atoms with Crippen LogP contribution in [0.3, 0.4) is 0 Å². The highest BCUT2D eigenvalue weighted by atomic mass is 15.4. The molecule has 3 aliphatic rings. The number of rotatable bonds is 2. The van der Waals surface area contributed by atoms with Gasteiger partial charge in [-0.1, -0.05) is 0 Å². The molecule has 0 aromatic rings. The molecule has 2 saturated heterocycles. The fourth-order valence-electron chi connectivity index (χ4n) is 3.79. The molecule has 1 saturated carbocycles. The molecule has 2 bridgehead atoms. The Morgan fingerprint density at radius 3 is 2.19 bits per heavy atom. The van der Waals surface area contributed by atoms with E-state index in [4.69, 9.17) is 5.26 Å². The smallest absolute Gasteiger partial charge is 0.111 e. The van der Waals surface area contributed by atoms with E-state index in [1.807, 2.05) is 0 Å². The number of nitriles is 1. The lowest BCUT2D eigenvalue weighted by molar-refractivity contribution is 0.0767. The van der Waals surface area contributed by atoms with Crippen LogP contribution < -0.4 is 0 Å². The first-order valence-corrected chi connectivity index (χ1v) is 6.60. The minimum absolute atomic E-state index is 0.249. The zero-order chi connectivity index (χ0) is 11.3. The zero-order valence-electron chi connectivity index (χ0n) is 10.3. The van der Waals surface area contributed by atoms with E-state index in [2.05, 4.69) is 29.7 Å². The summed E-state index contributed by atoms with van der Waals surface area (Å²) < 4.78 is 0. The van der Waals surface area contributed by atoms with Crippen LogP contribution >= 0.6 is 0 Å². The van der Waals surface area contributed by atoms with Gasteiger partial charge in [0.1, 0.15) is 6.04 Å². The summed E-state index contributed by atoms with van der Waals surface area (Å²) in [6, 6.07) is 4.07. The molecule has 0 radical (unpaired) electrons. The van der Waals surface area contributed by atoms with Crippen molar-refractivity contribution in [3.8, 4) is 6.07 Å². The van der Waals surface area contributed by atoms with E-state index in [0.717, 1.165) is 24.4 Å². The van der Waals surface area contributed by atoms with Crippen LogP contribution in [0.2, 0.25) is 0 Å². The lowest BCUT2D eigenvalue weighted by Gasteiger charge is -2.40. The third-order valence-electron chi connectivity index (χ3n) is 4.73. The topological polar surface area (TPSA) is 30.0 Å². The van der Waals surface area contributed by atoms with Crippen LogP contribution in [0.25, 0.3) is 0 Å². The summed E-state index contributed by atoms with van der Waals surface area (Å²) in [5, 5.41) is 8.94. The molecule has 1 aliphatic carbocycles. The van der Waals surface area contributed by atoms with Gasteiger partial charge in [-0.15, -0.1) is 0 Å². The predicted molar refractivity (Wildman–Crippen MR) is 62.8 cm³/mol. The summed E-state index contributed by atoms with van der Waals surface area (Å²) in [5.74, 6) is 1.67. The molecule has 4 unspecified atom stereocenters. The highest BCUT2D eigenvalue weighted by Crippen LogP contribution is 2.44. The second kappa shape index (κ2) is 3.72. The number of fused-ring (bicyclic) bond motifs is 2. The van der Waals surface area contributed by atoms with Gasteiger partial charge in [-0.2, -0.15) is 5.26 Å². The van der Waals surface area contributed by atoms with E-state index in [9.17, 15) is 0 Å². The van der Waals surface area contributed by atoms with Gasteiger partial charge in [0, 0.05) is 31.7 Å². The van der Waals surface area contributed by atoms with Gasteiger partial charge in [-0.25, -0.2) is 0 Å². The van der Waals surface area contributed by atoms with Crippen molar-refractivity contribution in [3.05, 3.63) is 0 Å². The average molecular weight is 219 g/mol. The maximum atomic E-state index is 8.94. The number of hydrogen-bond acceptors (Lipinski definition) is 3. The minimum atomic E-state index is 0.249. The summed E-state index contributed by atoms with van der Waals surface area (Å²) in [5.41, 5.74) is 0. The maximum absolute atomic E-state index is 8.94. The van der Waals surface area contributed by atoms with E-state index in [1.165, 1.54) is 25.9 Å². The highest BCUT2D eigenvalue weighted by molar-refractivity contribution is 5.13. The summed E-state index contributed by atoms with van der Waals surface area (Å²) in [6.07, 6.45) is 2.76. The molecule has 0 aromatic carbocycles. The Morgan fingerprint density at radius 1 is 1.12 bits per heavy atom. The van der Waals surface area contributed by atoms with Gasteiger partial charge in [0.15, 0.2) is 0 Å². The van der Waals surface area contributed by atoms with Gasteiger partial charge in [-0.3, -0.25) is 4.90 Å². The van der Waals surface area contributed by atoms with Crippen molar-refractivity contribution < 1.29 is 0 Å². The normalized spacial score (nSPS) is 47.0. The molecule has 0 N–H and O–H groups in total. The molecule has 0 amide bonds. The van der Waals surface area contributed by atoms with Gasteiger partial charge in [0.05, 0.1) is 6.07 Å². The molecule has 3 rings (SSSR count). The average Bonchev–Trinajstić information content (AvgIpc) is 3.00. The highest BCUT2D eigenvalue weighted by Gasteiger charge is 2.52. The van der Waals surface area contributed by atoms with Crippen LogP contribution in [0.15, 0.2) is 0 Å². The zero-order valence-corrected chi connectivity index (χ0v) is 10.3. The second-order valence-corrected chi connectivity index (χ2v) is 5.98. The quantitative estimate of drug-likeness (QED) is 0.656. The van der Waals surface area contributed by atoms with E-state index < -0.39 is 0 Å². The molecular formula is C13H21N3. The third kappa shape index (κ3) is 1.56. The number of nitrogens with zero attached hydrogens (tertiary/aromatic N) is 3. The molecule has 16 heavy (non-hydrogen) atoms. The van der Waals surface area contributed by atoms with Gasteiger partial charge in [-0.05, 0) is 38.5 Å². The van der Waals surface area contributed by atoms with Crippen LogP contribution in [0.4, 0.5) is 0 Å². The van der Waals surface area contributed by atoms with Crippen LogP contribution in [0.1, 0.15) is 26.7 Å². The Hall–Kier alpha value is -0.590. The van der Waals surface area contributed by atoms with Gasteiger partial charge in [0.25, 0.3) is 0 Å². The monoisotopic (exact) mass is 219 g/mol. The predicted octanol–water partition coefficient (Wildman–Crippen LogP) is 1.31. The summed E-state index contributed by atoms with van der Waals surface area (Å²) in [4.78, 5) is 5.07. The molecule has 3 heteroatoms. The maximum Gasteiger partial charge on any atom is 0.111 e. The summed E-state index contributed by atoms with van der Waals surface area (Å²) in [6.45, 7) is 8.15. The molecule has 0 aromatic heterocycles. The summed E-state index contributed by atoms with van der Waals surface area (Å²) >= 11 is 0. The molecule has 88 valence electrons. The lowest BCUT2D eigenvalue weighted by Crippen LogP contribution is -2.50. The van der Waals surface area contributed by atoms with Crippen molar-refractivity contribution in [2.24, 2.45) is 11.8 Å². The third-order valence-corrected chi connectivity index (χ3v) is 4.73. The Balaban J connectivity index is 1.70. The van der Waals surface area contributed by atoms with Crippen molar-refractivity contribution in [1.29, 1.82) is 5.26 Å². The number of likely N-dealkylation sites (tertiary alicyclic amines) is 1. The fraction of sp³-hybridized carbons (Fsp3) is 0.923. The van der Waals surface area contributed by atoms with Crippen LogP contribution in [0, 0.1) is 23.2 Å². The molecule has 2 aliphatic heterocycles. The van der Waals surface area contributed by atoms with Gasteiger partial charge in [0.2, 0.25) is 0 Å². The molecule has 4 atom stereocenters. The van der Waals surface area contributed by atoms with Crippen molar-refractivity contribution in [2.45, 2.75) is 44.8 Å². The standard InChI is InChI=1S/C13H21N3/c1-9(2)15-6-10-3-4-11(7-15)13(10)16-8-12(16)5-14/h9-13H,3-4,6-8H2,1-2H3. The largest absolute Gasteiger partial charge is 0.300 e. The van der Waals surface area contributed by atoms with Crippen molar-refractivity contribution in [3.63, 3.8) is 0 Å². The van der Waals surface area contributed by atoms with Crippen molar-refractivity contribution in [2.75, 3.05) is 19.6 Å². The van der Waals surface area contributed by atoms with E-state index in [-0.39, 0.29) is 6.04 Å². The Bertz CT molecular complexity index is 306. The Kier molecular flexibility index (Phi) is 2.45. The van der Waals surface area contributed by atoms with Gasteiger partial charge >= 0.3 is 0 Å². The van der Waals surface area contributed by atoms with E-state index in [1.54, 1.807) is 0 Å². The van der Waals surface area contributed by atoms with Crippen LogP contribution in [0.5, 0.6) is 0 Å². The van der Waals surface area contributed by atoms with Crippen molar-refractivity contribution >= 4 is 0 Å². The van der Waals surface area contributed by atoms with E-state index in [0.29, 0.717) is 6.04 Å². The fourth-order valence-corrected chi connectivity index (χ4v) is 3.79. The van der Waals surface area contributed by atoms with Gasteiger partial charge < -0.3 is 4.90 Å². The Labute approximate surface area is 98.0 Å². The van der Waals surface area contributed by atoms with Crippen LogP contribution in [-0.2, 0) is 0 Å². The first-order chi connectivity index (χ1) is 7.70. The molecule has 3 nitrogen and oxygen atoms in total. The number of piperidine rings is 1. The minimum Gasteiger partial charge on any atom is -0.300 e. The molecular weight excluding hydrogens is 198 g/mol. The molecule has 3 fully saturated rings. The van der Waals surface area contributed by atoms with Crippen molar-refractivity contribution in [1.82, 2.24) is 9.80 Å². The van der Waals surface area contributed by atoms with E-state index >= 15 is 0 Å². The SMILES string of the molecule is CC(C)N1CC2CCC(C1)C2N1CC1C#N.